The molecule has 0 aromatic heterocycles. The van der Waals surface area contributed by atoms with Crippen LogP contribution in [0.1, 0.15) is 21.5 Å². The molecular weight excluding hydrogens is 267 g/mol. The molecule has 2 aromatic carbocycles. The normalized spacial score (nSPS) is 10.7. The Morgan fingerprint density at radius 2 is 1.67 bits per heavy atom. The summed E-state index contributed by atoms with van der Waals surface area (Å²) in [6.45, 7) is 1.28. The summed E-state index contributed by atoms with van der Waals surface area (Å²) in [5.41, 5.74) is 2.73. The summed E-state index contributed by atoms with van der Waals surface area (Å²) in [6, 6.07) is 13.5. The van der Waals surface area contributed by atoms with E-state index in [9.17, 15) is 9.18 Å². The number of benzene rings is 2. The largest absolute Gasteiger partial charge is 0.348 e. The van der Waals surface area contributed by atoms with Gasteiger partial charge in [0.25, 0.3) is 5.91 Å². The lowest BCUT2D eigenvalue weighted by Crippen LogP contribution is -2.24. The van der Waals surface area contributed by atoms with Crippen LogP contribution in [0.15, 0.2) is 48.5 Å². The Morgan fingerprint density at radius 1 is 1.05 bits per heavy atom. The fourth-order valence-electron chi connectivity index (χ4n) is 2.10. The minimum atomic E-state index is -0.345. The Kier molecular flexibility index (Phi) is 5.06. The average Bonchev–Trinajstić information content (AvgIpc) is 2.46. The number of hydrogen-bond donors (Lipinski definition) is 1. The van der Waals surface area contributed by atoms with Gasteiger partial charge in [0.1, 0.15) is 5.82 Å². The third kappa shape index (κ3) is 4.39. The Hall–Kier alpha value is -2.20. The van der Waals surface area contributed by atoms with Crippen LogP contribution in [-0.4, -0.2) is 24.9 Å². The minimum Gasteiger partial charge on any atom is -0.348 e. The van der Waals surface area contributed by atoms with Crippen molar-refractivity contribution in [3.05, 3.63) is 71.0 Å². The van der Waals surface area contributed by atoms with E-state index < -0.39 is 0 Å². The number of halogens is 1. The van der Waals surface area contributed by atoms with Crippen molar-refractivity contribution in [2.45, 2.75) is 13.1 Å². The van der Waals surface area contributed by atoms with E-state index in [1.54, 1.807) is 0 Å². The van der Waals surface area contributed by atoms with Crippen LogP contribution in [0.4, 0.5) is 4.39 Å². The molecule has 0 spiro atoms. The maximum Gasteiger partial charge on any atom is 0.251 e. The zero-order chi connectivity index (χ0) is 15.2. The number of carbonyl (C=O) groups is 1. The first-order chi connectivity index (χ1) is 10.1. The highest BCUT2D eigenvalue weighted by molar-refractivity contribution is 5.94. The van der Waals surface area contributed by atoms with Crippen LogP contribution in [0.3, 0.4) is 0 Å². The van der Waals surface area contributed by atoms with Crippen molar-refractivity contribution >= 4 is 5.91 Å². The first-order valence-corrected chi connectivity index (χ1v) is 6.81. The molecule has 0 radical (unpaired) electrons. The van der Waals surface area contributed by atoms with Gasteiger partial charge in [0.15, 0.2) is 0 Å². The Labute approximate surface area is 124 Å². The summed E-state index contributed by atoms with van der Waals surface area (Å²) in [6.07, 6.45) is 0. The third-order valence-electron chi connectivity index (χ3n) is 3.15. The van der Waals surface area contributed by atoms with Crippen LogP contribution in [0, 0.1) is 5.82 Å². The molecule has 0 saturated heterocycles. The number of rotatable bonds is 5. The fourth-order valence-corrected chi connectivity index (χ4v) is 2.10. The number of nitrogens with one attached hydrogen (secondary N) is 1. The zero-order valence-electron chi connectivity index (χ0n) is 12.3. The topological polar surface area (TPSA) is 32.3 Å². The summed E-state index contributed by atoms with van der Waals surface area (Å²) in [7, 11) is 4.02. The highest BCUT2D eigenvalue weighted by Crippen LogP contribution is 2.11. The van der Waals surface area contributed by atoms with Crippen LogP contribution < -0.4 is 5.32 Å². The first kappa shape index (κ1) is 15.2. The molecule has 0 fully saturated rings. The lowest BCUT2D eigenvalue weighted by Gasteiger charge is -2.14. The van der Waals surface area contributed by atoms with Gasteiger partial charge >= 0.3 is 0 Å². The number of nitrogens with zero attached hydrogens (tertiary/aromatic N) is 1. The van der Waals surface area contributed by atoms with Gasteiger partial charge in [0.05, 0.1) is 0 Å². The lowest BCUT2D eigenvalue weighted by atomic mass is 10.1. The molecule has 0 heterocycles. The fraction of sp³-hybridized carbons (Fsp3) is 0.235. The lowest BCUT2D eigenvalue weighted by molar-refractivity contribution is 0.0950. The molecule has 4 heteroatoms. The summed E-state index contributed by atoms with van der Waals surface area (Å²) in [5.74, 6) is -0.544. The molecule has 21 heavy (non-hydrogen) atoms. The maximum absolute atomic E-state index is 12.8. The Morgan fingerprint density at radius 3 is 2.29 bits per heavy atom. The minimum absolute atomic E-state index is 0.199. The Bertz CT molecular complexity index is 608. The van der Waals surface area contributed by atoms with Gasteiger partial charge in [-0.25, -0.2) is 4.39 Å². The van der Waals surface area contributed by atoms with Crippen molar-refractivity contribution in [2.24, 2.45) is 0 Å². The van der Waals surface area contributed by atoms with E-state index in [0.29, 0.717) is 12.1 Å². The van der Waals surface area contributed by atoms with Crippen LogP contribution in [0.2, 0.25) is 0 Å². The van der Waals surface area contributed by atoms with Crippen molar-refractivity contribution in [2.75, 3.05) is 14.1 Å². The third-order valence-corrected chi connectivity index (χ3v) is 3.15. The number of hydrogen-bond acceptors (Lipinski definition) is 2. The summed E-state index contributed by atoms with van der Waals surface area (Å²) >= 11 is 0. The zero-order valence-corrected chi connectivity index (χ0v) is 12.3. The second-order valence-corrected chi connectivity index (χ2v) is 5.20. The van der Waals surface area contributed by atoms with E-state index in [0.717, 1.165) is 12.1 Å². The van der Waals surface area contributed by atoms with Crippen LogP contribution >= 0.6 is 0 Å². The van der Waals surface area contributed by atoms with E-state index in [1.165, 1.54) is 29.8 Å². The van der Waals surface area contributed by atoms with E-state index in [-0.39, 0.29) is 11.7 Å². The van der Waals surface area contributed by atoms with E-state index in [1.807, 2.05) is 32.3 Å². The Balaban J connectivity index is 2.02. The van der Waals surface area contributed by atoms with Gasteiger partial charge in [-0.15, -0.1) is 0 Å². The van der Waals surface area contributed by atoms with Crippen LogP contribution in [0.25, 0.3) is 0 Å². The molecule has 0 aliphatic carbocycles. The quantitative estimate of drug-likeness (QED) is 0.916. The molecule has 2 aromatic rings. The van der Waals surface area contributed by atoms with Crippen LogP contribution in [-0.2, 0) is 13.1 Å². The van der Waals surface area contributed by atoms with E-state index >= 15 is 0 Å². The number of amides is 1. The molecular formula is C17H19FN2O. The van der Waals surface area contributed by atoms with E-state index in [2.05, 4.69) is 16.3 Å². The maximum atomic E-state index is 12.8. The molecule has 0 unspecified atom stereocenters. The molecule has 1 N–H and O–H groups in total. The van der Waals surface area contributed by atoms with Gasteiger partial charge in [-0.2, -0.15) is 0 Å². The van der Waals surface area contributed by atoms with Crippen molar-refractivity contribution in [1.82, 2.24) is 10.2 Å². The smallest absolute Gasteiger partial charge is 0.251 e. The number of carbonyl (C=O) groups excluding carboxylic acids is 1. The molecule has 0 aliphatic rings. The molecule has 2 rings (SSSR count). The average molecular weight is 286 g/mol. The monoisotopic (exact) mass is 286 g/mol. The molecule has 110 valence electrons. The van der Waals surface area contributed by atoms with Gasteiger partial charge < -0.3 is 10.2 Å². The second kappa shape index (κ2) is 6.99. The molecule has 0 bridgehead atoms. The van der Waals surface area contributed by atoms with Gasteiger partial charge in [-0.3, -0.25) is 4.79 Å². The van der Waals surface area contributed by atoms with Crippen molar-refractivity contribution in [3.8, 4) is 0 Å². The standard InChI is InChI=1S/C17H19FN2O/c1-20(2)12-15-6-4-3-5-14(15)11-19-17(21)13-7-9-16(18)10-8-13/h3-10H,11-12H2,1-2H3,(H,19,21). The predicted molar refractivity (Wildman–Crippen MR) is 81.4 cm³/mol. The van der Waals surface area contributed by atoms with Crippen LogP contribution in [0.5, 0.6) is 0 Å². The summed E-state index contributed by atoms with van der Waals surface area (Å²) in [5, 5.41) is 2.87. The summed E-state index contributed by atoms with van der Waals surface area (Å²) in [4.78, 5) is 14.1. The SMILES string of the molecule is CN(C)Cc1ccccc1CNC(=O)c1ccc(F)cc1. The highest BCUT2D eigenvalue weighted by atomic mass is 19.1. The van der Waals surface area contributed by atoms with Gasteiger partial charge in [-0.1, -0.05) is 24.3 Å². The van der Waals surface area contributed by atoms with Crippen molar-refractivity contribution in [1.29, 1.82) is 0 Å². The first-order valence-electron chi connectivity index (χ1n) is 6.81. The van der Waals surface area contributed by atoms with Crippen molar-refractivity contribution < 1.29 is 9.18 Å². The van der Waals surface area contributed by atoms with Gasteiger partial charge in [-0.05, 0) is 49.5 Å². The van der Waals surface area contributed by atoms with Gasteiger partial charge in [0, 0.05) is 18.7 Å². The second-order valence-electron chi connectivity index (χ2n) is 5.20. The highest BCUT2D eigenvalue weighted by Gasteiger charge is 2.07. The molecule has 0 atom stereocenters. The van der Waals surface area contributed by atoms with Crippen molar-refractivity contribution in [3.63, 3.8) is 0 Å². The summed E-state index contributed by atoms with van der Waals surface area (Å²) < 4.78 is 12.8. The van der Waals surface area contributed by atoms with E-state index in [4.69, 9.17) is 0 Å². The molecule has 0 saturated carbocycles. The predicted octanol–water partition coefficient (Wildman–Crippen LogP) is 2.82. The van der Waals surface area contributed by atoms with Gasteiger partial charge in [0.2, 0.25) is 0 Å². The molecule has 1 amide bonds. The molecule has 3 nitrogen and oxygen atoms in total. The molecule has 0 aliphatic heterocycles.